The number of nitrogens with two attached hydrogens (primary N) is 1. The second-order valence-electron chi connectivity index (χ2n) is 4.71. The number of hydrogen-bond donors (Lipinski definition) is 5. The first-order chi connectivity index (χ1) is 11.6. The lowest BCUT2D eigenvalue weighted by atomic mass is 9.95. The molecule has 1 heterocycles. The molecule has 2 rings (SSSR count). The monoisotopic (exact) mass is 432 g/mol. The van der Waals surface area contributed by atoms with E-state index in [-0.39, 0.29) is 20.8 Å². The van der Waals surface area contributed by atoms with Crippen molar-refractivity contribution in [1.82, 2.24) is 4.98 Å². The maximum Gasteiger partial charge on any atom is 0.342 e. The molecule has 0 bridgehead atoms. The fraction of sp³-hybridized carbons (Fsp3) is 0.0714. The van der Waals surface area contributed by atoms with Gasteiger partial charge in [0.1, 0.15) is 22.0 Å². The Labute approximate surface area is 152 Å². The van der Waals surface area contributed by atoms with E-state index in [4.69, 9.17) is 22.1 Å². The summed E-state index contributed by atoms with van der Waals surface area (Å²) in [4.78, 5) is 37.1. The number of aromatic carboxylic acids is 2. The highest BCUT2D eigenvalue weighted by Gasteiger charge is 2.29. The topological polar surface area (TPSA) is 163 Å². The number of benzene rings is 1. The van der Waals surface area contributed by atoms with Gasteiger partial charge in [0.15, 0.2) is 11.5 Å². The zero-order valence-electron chi connectivity index (χ0n) is 12.4. The van der Waals surface area contributed by atoms with Crippen molar-refractivity contribution in [3.05, 3.63) is 37.0 Å². The number of hydrogen-bond acceptors (Lipinski definition) is 6. The number of phenolic OH excluding ortho intramolecular Hbond substituents is 1. The van der Waals surface area contributed by atoms with Gasteiger partial charge in [0.2, 0.25) is 0 Å². The molecule has 25 heavy (non-hydrogen) atoms. The molecule has 0 spiro atoms. The number of ether oxygens (including phenoxy) is 1. The van der Waals surface area contributed by atoms with E-state index in [0.29, 0.717) is 0 Å². The summed E-state index contributed by atoms with van der Waals surface area (Å²) in [6.07, 6.45) is 0. The van der Waals surface area contributed by atoms with Crippen molar-refractivity contribution in [2.24, 2.45) is 0 Å². The molecule has 11 heteroatoms. The van der Waals surface area contributed by atoms with Crippen LogP contribution in [0.25, 0.3) is 11.1 Å². The molecule has 9 nitrogen and oxygen atoms in total. The molecule has 0 aliphatic heterocycles. The van der Waals surface area contributed by atoms with Gasteiger partial charge < -0.3 is 30.8 Å². The predicted molar refractivity (Wildman–Crippen MR) is 91.8 cm³/mol. The van der Waals surface area contributed by atoms with Crippen molar-refractivity contribution < 1.29 is 29.6 Å². The molecule has 0 amide bonds. The number of carboxylic acids is 2. The van der Waals surface area contributed by atoms with Crippen LogP contribution in [0.5, 0.6) is 11.5 Å². The van der Waals surface area contributed by atoms with Gasteiger partial charge in [-0.05, 0) is 22.0 Å². The molecule has 1 aromatic heterocycles. The molecular formula is C14H10BrClN2O7. The van der Waals surface area contributed by atoms with Gasteiger partial charge >= 0.3 is 11.9 Å². The largest absolute Gasteiger partial charge is 0.503 e. The summed E-state index contributed by atoms with van der Waals surface area (Å²) >= 11 is 9.03. The van der Waals surface area contributed by atoms with Crippen LogP contribution in [0.1, 0.15) is 20.7 Å². The molecule has 0 aliphatic rings. The molecule has 2 aromatic rings. The summed E-state index contributed by atoms with van der Waals surface area (Å²) in [5.41, 5.74) is 2.39. The first-order valence-corrected chi connectivity index (χ1v) is 7.56. The Morgan fingerprint density at radius 2 is 1.84 bits per heavy atom. The Balaban J connectivity index is 3.12. The molecule has 132 valence electrons. The van der Waals surface area contributed by atoms with E-state index in [2.05, 4.69) is 15.9 Å². The highest BCUT2D eigenvalue weighted by Crippen LogP contribution is 2.46. The number of nitrogens with one attached hydrogen (secondary N) is 1. The Morgan fingerprint density at radius 1 is 1.28 bits per heavy atom. The highest BCUT2D eigenvalue weighted by molar-refractivity contribution is 9.10. The second kappa shape index (κ2) is 6.65. The average molecular weight is 434 g/mol. The fourth-order valence-corrected chi connectivity index (χ4v) is 2.94. The third-order valence-corrected chi connectivity index (χ3v) is 4.73. The lowest BCUT2D eigenvalue weighted by Gasteiger charge is -2.16. The molecular weight excluding hydrogens is 424 g/mol. The number of aromatic amines is 1. The van der Waals surface area contributed by atoms with Crippen molar-refractivity contribution in [2.45, 2.75) is 0 Å². The summed E-state index contributed by atoms with van der Waals surface area (Å²) in [5.74, 6) is -4.39. The summed E-state index contributed by atoms with van der Waals surface area (Å²) in [5, 5.41) is 28.4. The SMILES string of the molecule is COc1cc(-c2c(C(=O)O)c(N)[nH]c(=O)c2C(=O)O)c(Br)c(Cl)c1O. The van der Waals surface area contributed by atoms with Crippen molar-refractivity contribution in [1.29, 1.82) is 0 Å². The van der Waals surface area contributed by atoms with Crippen molar-refractivity contribution in [2.75, 3.05) is 12.8 Å². The van der Waals surface area contributed by atoms with Crippen molar-refractivity contribution >= 4 is 45.3 Å². The van der Waals surface area contributed by atoms with Gasteiger partial charge in [-0.2, -0.15) is 0 Å². The van der Waals surface area contributed by atoms with Crippen LogP contribution < -0.4 is 16.0 Å². The Kier molecular flexibility index (Phi) is 4.95. The van der Waals surface area contributed by atoms with E-state index in [1.54, 1.807) is 0 Å². The molecule has 0 radical (unpaired) electrons. The number of carbonyl (C=O) groups is 2. The molecule has 0 fully saturated rings. The maximum absolute atomic E-state index is 12.0. The van der Waals surface area contributed by atoms with Crippen LogP contribution in [-0.2, 0) is 0 Å². The van der Waals surface area contributed by atoms with E-state index in [0.717, 1.165) is 6.07 Å². The summed E-state index contributed by atoms with van der Waals surface area (Å²) < 4.78 is 4.90. The number of H-pyrrole nitrogens is 1. The third kappa shape index (κ3) is 3.01. The number of carboxylic acid groups (broad SMARTS) is 2. The van der Waals surface area contributed by atoms with E-state index in [9.17, 15) is 29.7 Å². The van der Waals surface area contributed by atoms with E-state index < -0.39 is 45.8 Å². The van der Waals surface area contributed by atoms with Gasteiger partial charge in [-0.1, -0.05) is 11.6 Å². The van der Waals surface area contributed by atoms with E-state index >= 15 is 0 Å². The number of anilines is 1. The lowest BCUT2D eigenvalue weighted by Crippen LogP contribution is -2.24. The number of methoxy groups -OCH3 is 1. The van der Waals surface area contributed by atoms with Gasteiger partial charge in [0, 0.05) is 15.6 Å². The van der Waals surface area contributed by atoms with Crippen LogP contribution in [0.2, 0.25) is 5.02 Å². The van der Waals surface area contributed by atoms with Gasteiger partial charge in [-0.25, -0.2) is 9.59 Å². The summed E-state index contributed by atoms with van der Waals surface area (Å²) in [6.45, 7) is 0. The van der Waals surface area contributed by atoms with Crippen LogP contribution >= 0.6 is 27.5 Å². The lowest BCUT2D eigenvalue weighted by molar-refractivity contribution is 0.0695. The average Bonchev–Trinajstić information content (AvgIpc) is 2.51. The van der Waals surface area contributed by atoms with Gasteiger partial charge in [-0.15, -0.1) is 0 Å². The Morgan fingerprint density at radius 3 is 2.32 bits per heavy atom. The van der Waals surface area contributed by atoms with Crippen molar-refractivity contribution in [3.8, 4) is 22.6 Å². The number of phenols is 1. The molecule has 1 aromatic carbocycles. The molecule has 0 saturated carbocycles. The zero-order chi connectivity index (χ0) is 19.0. The smallest absolute Gasteiger partial charge is 0.342 e. The number of aromatic hydroxyl groups is 1. The maximum atomic E-state index is 12.0. The molecule has 0 atom stereocenters. The quantitative estimate of drug-likeness (QED) is 0.489. The number of aromatic nitrogens is 1. The molecule has 0 unspecified atom stereocenters. The molecule has 6 N–H and O–H groups in total. The molecule has 0 aliphatic carbocycles. The van der Waals surface area contributed by atoms with Crippen molar-refractivity contribution in [3.63, 3.8) is 0 Å². The first-order valence-electron chi connectivity index (χ1n) is 6.39. The number of nitrogen functional groups attached to an aromatic ring is 1. The van der Waals surface area contributed by atoms with Gasteiger partial charge in [0.25, 0.3) is 5.56 Å². The minimum Gasteiger partial charge on any atom is -0.503 e. The van der Waals surface area contributed by atoms with Crippen LogP contribution in [0.4, 0.5) is 5.82 Å². The number of halogens is 2. The highest BCUT2D eigenvalue weighted by atomic mass is 79.9. The molecule has 0 saturated heterocycles. The second-order valence-corrected chi connectivity index (χ2v) is 5.88. The van der Waals surface area contributed by atoms with Crippen LogP contribution in [0.15, 0.2) is 15.3 Å². The van der Waals surface area contributed by atoms with E-state index in [1.165, 1.54) is 7.11 Å². The summed E-state index contributed by atoms with van der Waals surface area (Å²) in [7, 11) is 1.21. The van der Waals surface area contributed by atoms with E-state index in [1.807, 2.05) is 4.98 Å². The predicted octanol–water partition coefficient (Wildman–Crippen LogP) is 2.15. The standard InChI is InChI=1S/C14H10BrClN2O7/c1-25-4-2-3(8(15)9(16)10(4)19)5-6(13(21)22)11(17)18-12(20)7(5)14(23)24/h2,19H,1H3,(H,21,22)(H,23,24)(H3,17,18,20). The van der Waals surface area contributed by atoms with Crippen LogP contribution in [0, 0.1) is 0 Å². The van der Waals surface area contributed by atoms with Gasteiger partial charge in [0.05, 0.1) is 7.11 Å². The minimum atomic E-state index is -1.67. The van der Waals surface area contributed by atoms with Gasteiger partial charge in [-0.3, -0.25) is 4.79 Å². The summed E-state index contributed by atoms with van der Waals surface area (Å²) in [6, 6.07) is 1.14. The number of pyridine rings is 1. The van der Waals surface area contributed by atoms with Crippen LogP contribution in [-0.4, -0.2) is 39.4 Å². The van der Waals surface area contributed by atoms with Crippen LogP contribution in [0.3, 0.4) is 0 Å². The first kappa shape index (κ1) is 18.6. The minimum absolute atomic E-state index is 0.0394. The Hall–Kier alpha value is -2.72. The number of rotatable bonds is 4. The zero-order valence-corrected chi connectivity index (χ0v) is 14.7. The fourth-order valence-electron chi connectivity index (χ4n) is 2.25. The normalized spacial score (nSPS) is 10.5. The Bertz CT molecular complexity index is 971. The third-order valence-electron chi connectivity index (χ3n) is 3.31.